The van der Waals surface area contributed by atoms with Crippen LogP contribution in [0.15, 0.2) is 24.3 Å². The van der Waals surface area contributed by atoms with Gasteiger partial charge in [-0.3, -0.25) is 9.59 Å². The predicted molar refractivity (Wildman–Crippen MR) is 73.1 cm³/mol. The Morgan fingerprint density at radius 3 is 2.33 bits per heavy atom. The third-order valence-corrected chi connectivity index (χ3v) is 3.85. The van der Waals surface area contributed by atoms with Crippen LogP contribution in [0.3, 0.4) is 0 Å². The molecule has 114 valence electrons. The first-order valence-electron chi connectivity index (χ1n) is 6.89. The number of aliphatic carboxylic acids is 1. The van der Waals surface area contributed by atoms with E-state index in [1.165, 1.54) is 18.2 Å². The molecule has 6 heteroatoms. The van der Waals surface area contributed by atoms with Gasteiger partial charge in [0, 0.05) is 17.2 Å². The van der Waals surface area contributed by atoms with Crippen LogP contribution in [0, 0.1) is 11.8 Å². The number of nitrogens with one attached hydrogen (secondary N) is 1. The van der Waals surface area contributed by atoms with Crippen molar-refractivity contribution in [1.82, 2.24) is 0 Å². The van der Waals surface area contributed by atoms with E-state index in [0.29, 0.717) is 31.4 Å². The molecule has 0 bridgehead atoms. The number of carbonyl (C=O) groups excluding carboxylic acids is 1. The summed E-state index contributed by atoms with van der Waals surface area (Å²) >= 11 is 0. The average molecular weight is 297 g/mol. The van der Waals surface area contributed by atoms with Crippen LogP contribution in [0.4, 0.5) is 14.5 Å². The fourth-order valence-electron chi connectivity index (χ4n) is 2.60. The lowest BCUT2D eigenvalue weighted by Crippen LogP contribution is -2.29. The van der Waals surface area contributed by atoms with Crippen LogP contribution >= 0.6 is 0 Å². The zero-order valence-electron chi connectivity index (χ0n) is 11.4. The van der Waals surface area contributed by atoms with Crippen LogP contribution in [0.2, 0.25) is 0 Å². The molecule has 1 aromatic carbocycles. The van der Waals surface area contributed by atoms with Crippen LogP contribution in [-0.2, 0) is 9.59 Å². The van der Waals surface area contributed by atoms with Crippen LogP contribution in [-0.4, -0.2) is 17.0 Å². The topological polar surface area (TPSA) is 66.4 Å². The molecular weight excluding hydrogens is 280 g/mol. The predicted octanol–water partition coefficient (Wildman–Crippen LogP) is 3.45. The Morgan fingerprint density at radius 2 is 1.76 bits per heavy atom. The molecule has 0 spiro atoms. The highest BCUT2D eigenvalue weighted by molar-refractivity contribution is 5.92. The maximum atomic E-state index is 12.6. The number of alkyl halides is 2. The van der Waals surface area contributed by atoms with Gasteiger partial charge in [-0.05, 0) is 37.8 Å². The standard InChI is InChI=1S/C15H17F2NO3/c16-13(17)11-2-1-3-12(8-11)18-14(19)9-4-6-10(7-5-9)15(20)21/h1-3,8-10,13H,4-7H2,(H,18,19)(H,20,21). The average Bonchev–Trinajstić information content (AvgIpc) is 2.47. The van der Waals surface area contributed by atoms with Crippen LogP contribution in [0.5, 0.6) is 0 Å². The second-order valence-corrected chi connectivity index (χ2v) is 5.30. The number of halogens is 2. The van der Waals surface area contributed by atoms with E-state index in [1.807, 2.05) is 0 Å². The zero-order valence-corrected chi connectivity index (χ0v) is 11.4. The molecule has 1 aromatic rings. The monoisotopic (exact) mass is 297 g/mol. The largest absolute Gasteiger partial charge is 0.481 e. The van der Waals surface area contributed by atoms with Gasteiger partial charge < -0.3 is 10.4 Å². The molecular formula is C15H17F2NO3. The molecule has 0 aromatic heterocycles. The molecule has 21 heavy (non-hydrogen) atoms. The van der Waals surface area contributed by atoms with Gasteiger partial charge in [0.1, 0.15) is 0 Å². The fourth-order valence-corrected chi connectivity index (χ4v) is 2.60. The van der Waals surface area contributed by atoms with E-state index in [0.717, 1.165) is 0 Å². The molecule has 1 amide bonds. The molecule has 0 saturated heterocycles. The van der Waals surface area contributed by atoms with Crippen LogP contribution in [0.25, 0.3) is 0 Å². The van der Waals surface area contributed by atoms with E-state index in [-0.39, 0.29) is 23.3 Å². The summed E-state index contributed by atoms with van der Waals surface area (Å²) in [4.78, 5) is 22.9. The molecule has 0 radical (unpaired) electrons. The number of rotatable bonds is 4. The van der Waals surface area contributed by atoms with Crippen molar-refractivity contribution in [2.75, 3.05) is 5.32 Å². The highest BCUT2D eigenvalue weighted by Crippen LogP contribution is 2.30. The Balaban J connectivity index is 1.93. The smallest absolute Gasteiger partial charge is 0.306 e. The summed E-state index contributed by atoms with van der Waals surface area (Å²) in [6.07, 6.45) is -0.600. The Hall–Kier alpha value is -1.98. The lowest BCUT2D eigenvalue weighted by atomic mass is 9.81. The van der Waals surface area contributed by atoms with Gasteiger partial charge in [-0.25, -0.2) is 8.78 Å². The first-order valence-corrected chi connectivity index (χ1v) is 6.89. The van der Waals surface area contributed by atoms with Gasteiger partial charge in [0.25, 0.3) is 6.43 Å². The number of carboxylic acid groups (broad SMARTS) is 1. The van der Waals surface area contributed by atoms with Crippen molar-refractivity contribution < 1.29 is 23.5 Å². The maximum Gasteiger partial charge on any atom is 0.306 e. The second-order valence-electron chi connectivity index (χ2n) is 5.30. The molecule has 0 heterocycles. The fraction of sp³-hybridized carbons (Fsp3) is 0.467. The Kier molecular flexibility index (Phi) is 4.88. The van der Waals surface area contributed by atoms with Crippen molar-refractivity contribution in [3.63, 3.8) is 0 Å². The quantitative estimate of drug-likeness (QED) is 0.894. The number of hydrogen-bond acceptors (Lipinski definition) is 2. The second kappa shape index (κ2) is 6.65. The van der Waals surface area contributed by atoms with Gasteiger partial charge >= 0.3 is 5.97 Å². The third-order valence-electron chi connectivity index (χ3n) is 3.85. The minimum Gasteiger partial charge on any atom is -0.481 e. The van der Waals surface area contributed by atoms with Crippen molar-refractivity contribution in [2.45, 2.75) is 32.1 Å². The number of carbonyl (C=O) groups is 2. The Labute approximate surface area is 121 Å². The van der Waals surface area contributed by atoms with Gasteiger partial charge in [0.15, 0.2) is 0 Å². The summed E-state index contributed by atoms with van der Waals surface area (Å²) in [6.45, 7) is 0. The summed E-state index contributed by atoms with van der Waals surface area (Å²) in [5, 5.41) is 11.5. The third kappa shape index (κ3) is 4.00. The zero-order chi connectivity index (χ0) is 15.4. The molecule has 4 nitrogen and oxygen atoms in total. The SMILES string of the molecule is O=C(O)C1CCC(C(=O)Nc2cccc(C(F)F)c2)CC1. The van der Waals surface area contributed by atoms with E-state index >= 15 is 0 Å². The normalized spacial score (nSPS) is 22.0. The number of hydrogen-bond donors (Lipinski definition) is 2. The van der Waals surface area contributed by atoms with Crippen LogP contribution < -0.4 is 5.32 Å². The van der Waals surface area contributed by atoms with Crippen molar-refractivity contribution in [1.29, 1.82) is 0 Å². The molecule has 2 N–H and O–H groups in total. The van der Waals surface area contributed by atoms with Crippen molar-refractivity contribution >= 4 is 17.6 Å². The van der Waals surface area contributed by atoms with E-state index in [2.05, 4.69) is 5.32 Å². The molecule has 0 aliphatic heterocycles. The van der Waals surface area contributed by atoms with E-state index in [1.54, 1.807) is 6.07 Å². The maximum absolute atomic E-state index is 12.6. The highest BCUT2D eigenvalue weighted by atomic mass is 19.3. The minimum absolute atomic E-state index is 0.137. The van der Waals surface area contributed by atoms with E-state index in [4.69, 9.17) is 5.11 Å². The van der Waals surface area contributed by atoms with E-state index in [9.17, 15) is 18.4 Å². The summed E-state index contributed by atoms with van der Waals surface area (Å²) < 4.78 is 25.2. The number of amides is 1. The molecule has 0 unspecified atom stereocenters. The van der Waals surface area contributed by atoms with Crippen molar-refractivity contribution in [2.24, 2.45) is 11.8 Å². The number of carboxylic acids is 1. The van der Waals surface area contributed by atoms with Gasteiger partial charge in [-0.15, -0.1) is 0 Å². The van der Waals surface area contributed by atoms with Crippen molar-refractivity contribution in [3.05, 3.63) is 29.8 Å². The first kappa shape index (κ1) is 15.4. The summed E-state index contributed by atoms with van der Waals surface area (Å²) in [6, 6.07) is 5.59. The lowest BCUT2D eigenvalue weighted by molar-refractivity contribution is -0.143. The summed E-state index contributed by atoms with van der Waals surface area (Å²) in [5.41, 5.74) is 0.209. The molecule has 1 aliphatic rings. The lowest BCUT2D eigenvalue weighted by Gasteiger charge is -2.25. The molecule has 1 saturated carbocycles. The van der Waals surface area contributed by atoms with Gasteiger partial charge in [0.05, 0.1) is 5.92 Å². The first-order chi connectivity index (χ1) is 9.97. The Morgan fingerprint density at radius 1 is 1.14 bits per heavy atom. The van der Waals surface area contributed by atoms with E-state index < -0.39 is 12.4 Å². The Bertz CT molecular complexity index is 525. The van der Waals surface area contributed by atoms with Crippen molar-refractivity contribution in [3.8, 4) is 0 Å². The van der Waals surface area contributed by atoms with Gasteiger partial charge in [0.2, 0.25) is 5.91 Å². The summed E-state index contributed by atoms with van der Waals surface area (Å²) in [7, 11) is 0. The van der Waals surface area contributed by atoms with Gasteiger partial charge in [-0.1, -0.05) is 12.1 Å². The molecule has 1 aliphatic carbocycles. The molecule has 0 atom stereocenters. The molecule has 1 fully saturated rings. The molecule has 2 rings (SSSR count). The highest BCUT2D eigenvalue weighted by Gasteiger charge is 2.29. The summed E-state index contributed by atoms with van der Waals surface area (Å²) in [5.74, 6) is -1.68. The van der Waals surface area contributed by atoms with Gasteiger partial charge in [-0.2, -0.15) is 0 Å². The minimum atomic E-state index is -2.58. The number of anilines is 1. The number of benzene rings is 1. The van der Waals surface area contributed by atoms with Crippen LogP contribution in [0.1, 0.15) is 37.7 Å².